The molecule has 3 heteroatoms. The van der Waals surface area contributed by atoms with Gasteiger partial charge in [-0.05, 0) is 6.42 Å². The normalized spacial score (nSPS) is 12.7. The smallest absolute Gasteiger partial charge is 0.0794 e. The Kier molecular flexibility index (Phi) is 10.0. The molecule has 2 nitrogen and oxygen atoms in total. The molecule has 0 radical (unpaired) electrons. The maximum absolute atomic E-state index is 6.12. The van der Waals surface area contributed by atoms with Gasteiger partial charge in [0.15, 0.2) is 0 Å². The topological polar surface area (TPSA) is 38.9 Å². The standard InChI is InChI=1S/C16H30N2S/c1-2-3-4-5-6-7-8-9-10-11-12-15(17)16-13-18-14-19-16/h13-15H,2-12,17H2,1H3. The number of nitrogens with zero attached hydrogens (tertiary/aromatic N) is 1. The van der Waals surface area contributed by atoms with Gasteiger partial charge in [0.25, 0.3) is 0 Å². The summed E-state index contributed by atoms with van der Waals surface area (Å²) in [5.74, 6) is 0. The molecular weight excluding hydrogens is 252 g/mol. The summed E-state index contributed by atoms with van der Waals surface area (Å²) in [6, 6.07) is 0.210. The van der Waals surface area contributed by atoms with E-state index in [9.17, 15) is 0 Å². The SMILES string of the molecule is CCCCCCCCCCCCC(N)c1cncs1. The Balaban J connectivity index is 1.83. The first kappa shape index (κ1) is 16.6. The molecule has 0 saturated carbocycles. The molecular formula is C16H30N2S. The van der Waals surface area contributed by atoms with E-state index in [0.717, 1.165) is 6.42 Å². The lowest BCUT2D eigenvalue weighted by Crippen LogP contribution is -2.08. The van der Waals surface area contributed by atoms with Crippen molar-refractivity contribution < 1.29 is 0 Å². The second-order valence-corrected chi connectivity index (χ2v) is 6.40. The summed E-state index contributed by atoms with van der Waals surface area (Å²) in [7, 11) is 0. The van der Waals surface area contributed by atoms with Crippen LogP contribution in [0.1, 0.15) is 88.5 Å². The highest BCUT2D eigenvalue weighted by Crippen LogP contribution is 2.21. The summed E-state index contributed by atoms with van der Waals surface area (Å²) in [6.07, 6.45) is 16.9. The van der Waals surface area contributed by atoms with Crippen LogP contribution < -0.4 is 5.73 Å². The van der Waals surface area contributed by atoms with Crippen molar-refractivity contribution >= 4 is 11.3 Å². The number of hydrogen-bond donors (Lipinski definition) is 1. The van der Waals surface area contributed by atoms with Gasteiger partial charge in [0.05, 0.1) is 5.51 Å². The molecule has 0 spiro atoms. The van der Waals surface area contributed by atoms with E-state index in [-0.39, 0.29) is 6.04 Å². The van der Waals surface area contributed by atoms with Crippen LogP contribution >= 0.6 is 11.3 Å². The molecule has 1 unspecified atom stereocenters. The molecule has 0 aliphatic carbocycles. The number of nitrogens with two attached hydrogens (primary N) is 1. The summed E-state index contributed by atoms with van der Waals surface area (Å²) in [4.78, 5) is 5.31. The van der Waals surface area contributed by atoms with E-state index in [0.29, 0.717) is 0 Å². The highest BCUT2D eigenvalue weighted by atomic mass is 32.1. The molecule has 1 atom stereocenters. The lowest BCUT2D eigenvalue weighted by atomic mass is 10.0. The highest BCUT2D eigenvalue weighted by Gasteiger charge is 2.06. The first-order chi connectivity index (χ1) is 9.34. The number of rotatable bonds is 12. The van der Waals surface area contributed by atoms with Gasteiger partial charge in [-0.25, -0.2) is 0 Å². The van der Waals surface area contributed by atoms with E-state index in [1.165, 1.54) is 69.1 Å². The van der Waals surface area contributed by atoms with Crippen LogP contribution in [-0.4, -0.2) is 4.98 Å². The number of hydrogen-bond acceptors (Lipinski definition) is 3. The molecule has 2 N–H and O–H groups in total. The zero-order valence-corrected chi connectivity index (χ0v) is 13.3. The van der Waals surface area contributed by atoms with Gasteiger partial charge >= 0.3 is 0 Å². The van der Waals surface area contributed by atoms with Gasteiger partial charge in [0, 0.05) is 17.1 Å². The van der Waals surface area contributed by atoms with E-state index in [2.05, 4.69) is 11.9 Å². The van der Waals surface area contributed by atoms with Crippen molar-refractivity contribution in [2.45, 2.75) is 83.6 Å². The van der Waals surface area contributed by atoms with E-state index in [4.69, 9.17) is 5.73 Å². The summed E-state index contributed by atoms with van der Waals surface area (Å²) in [5, 5.41) is 0. The number of aromatic nitrogens is 1. The predicted molar refractivity (Wildman–Crippen MR) is 85.5 cm³/mol. The first-order valence-corrected chi connectivity index (χ1v) is 8.86. The Morgan fingerprint density at radius 1 is 1.00 bits per heavy atom. The molecule has 1 rings (SSSR count). The minimum atomic E-state index is 0.210. The van der Waals surface area contributed by atoms with Crippen LogP contribution in [0, 0.1) is 0 Å². The lowest BCUT2D eigenvalue weighted by molar-refractivity contribution is 0.531. The fraction of sp³-hybridized carbons (Fsp3) is 0.812. The third-order valence-corrected chi connectivity index (χ3v) is 4.59. The quantitative estimate of drug-likeness (QED) is 0.517. The van der Waals surface area contributed by atoms with Crippen molar-refractivity contribution in [1.82, 2.24) is 4.98 Å². The van der Waals surface area contributed by atoms with Gasteiger partial charge in [0.2, 0.25) is 0 Å². The monoisotopic (exact) mass is 282 g/mol. The third kappa shape index (κ3) is 8.38. The minimum absolute atomic E-state index is 0.210. The lowest BCUT2D eigenvalue weighted by Gasteiger charge is -2.08. The van der Waals surface area contributed by atoms with Gasteiger partial charge in [-0.15, -0.1) is 11.3 Å². The molecule has 0 saturated heterocycles. The van der Waals surface area contributed by atoms with Crippen LogP contribution in [0.15, 0.2) is 11.7 Å². The van der Waals surface area contributed by atoms with Gasteiger partial charge in [0.1, 0.15) is 0 Å². The Morgan fingerprint density at radius 3 is 2.11 bits per heavy atom. The van der Waals surface area contributed by atoms with Crippen molar-refractivity contribution in [2.75, 3.05) is 0 Å². The van der Waals surface area contributed by atoms with Crippen molar-refractivity contribution in [3.8, 4) is 0 Å². The van der Waals surface area contributed by atoms with Gasteiger partial charge < -0.3 is 5.73 Å². The molecule has 110 valence electrons. The zero-order valence-electron chi connectivity index (χ0n) is 12.4. The highest BCUT2D eigenvalue weighted by molar-refractivity contribution is 7.09. The molecule has 1 aromatic rings. The Bertz CT molecular complexity index is 285. The first-order valence-electron chi connectivity index (χ1n) is 7.98. The Labute approximate surface area is 122 Å². The van der Waals surface area contributed by atoms with Crippen molar-refractivity contribution in [1.29, 1.82) is 0 Å². The minimum Gasteiger partial charge on any atom is -0.323 e. The van der Waals surface area contributed by atoms with Crippen LogP contribution in [0.5, 0.6) is 0 Å². The second-order valence-electron chi connectivity index (χ2n) is 5.48. The van der Waals surface area contributed by atoms with E-state index in [1.54, 1.807) is 11.3 Å². The average Bonchev–Trinajstić information content (AvgIpc) is 2.95. The van der Waals surface area contributed by atoms with Crippen LogP contribution in [0.4, 0.5) is 0 Å². The molecule has 0 aliphatic rings. The number of unbranched alkanes of at least 4 members (excludes halogenated alkanes) is 9. The van der Waals surface area contributed by atoms with E-state index in [1.807, 2.05) is 11.7 Å². The van der Waals surface area contributed by atoms with Gasteiger partial charge in [-0.1, -0.05) is 71.1 Å². The van der Waals surface area contributed by atoms with E-state index >= 15 is 0 Å². The molecule has 1 heterocycles. The molecule has 0 bridgehead atoms. The van der Waals surface area contributed by atoms with Crippen LogP contribution in [0.3, 0.4) is 0 Å². The van der Waals surface area contributed by atoms with Crippen LogP contribution in [-0.2, 0) is 0 Å². The summed E-state index contributed by atoms with van der Waals surface area (Å²) in [5.41, 5.74) is 7.99. The summed E-state index contributed by atoms with van der Waals surface area (Å²) < 4.78 is 0. The fourth-order valence-corrected chi connectivity index (χ4v) is 3.06. The molecule has 0 aromatic carbocycles. The maximum atomic E-state index is 6.12. The van der Waals surface area contributed by atoms with E-state index < -0.39 is 0 Å². The molecule has 0 amide bonds. The van der Waals surface area contributed by atoms with Crippen molar-refractivity contribution in [3.05, 3.63) is 16.6 Å². The Hall–Kier alpha value is -0.410. The Morgan fingerprint density at radius 2 is 1.58 bits per heavy atom. The van der Waals surface area contributed by atoms with Gasteiger partial charge in [-0.3, -0.25) is 4.98 Å². The average molecular weight is 282 g/mol. The molecule has 0 aliphatic heterocycles. The van der Waals surface area contributed by atoms with Crippen LogP contribution in [0.2, 0.25) is 0 Å². The third-order valence-electron chi connectivity index (χ3n) is 3.69. The second kappa shape index (κ2) is 11.4. The van der Waals surface area contributed by atoms with Crippen molar-refractivity contribution in [2.24, 2.45) is 5.73 Å². The summed E-state index contributed by atoms with van der Waals surface area (Å²) >= 11 is 1.68. The van der Waals surface area contributed by atoms with Crippen molar-refractivity contribution in [3.63, 3.8) is 0 Å². The number of thiazole rings is 1. The van der Waals surface area contributed by atoms with Crippen LogP contribution in [0.25, 0.3) is 0 Å². The maximum Gasteiger partial charge on any atom is 0.0794 e. The molecule has 0 fully saturated rings. The van der Waals surface area contributed by atoms with Gasteiger partial charge in [-0.2, -0.15) is 0 Å². The molecule has 19 heavy (non-hydrogen) atoms. The molecule has 1 aromatic heterocycles. The zero-order chi connectivity index (χ0) is 13.8. The largest absolute Gasteiger partial charge is 0.323 e. The summed E-state index contributed by atoms with van der Waals surface area (Å²) in [6.45, 7) is 2.27. The fourth-order valence-electron chi connectivity index (χ4n) is 2.40. The predicted octanol–water partition coefficient (Wildman–Crippen LogP) is 5.45.